The van der Waals surface area contributed by atoms with Gasteiger partial charge in [0.1, 0.15) is 0 Å². The fourth-order valence-electron chi connectivity index (χ4n) is 2.97. The molecule has 2 atom stereocenters. The molecule has 2 saturated carbocycles. The first-order chi connectivity index (χ1) is 6.27. The Morgan fingerprint density at radius 3 is 2.23 bits per heavy atom. The molecule has 0 spiro atoms. The van der Waals surface area contributed by atoms with Gasteiger partial charge in [0.05, 0.1) is 0 Å². The van der Waals surface area contributed by atoms with Crippen LogP contribution >= 0.6 is 0 Å². The highest BCUT2D eigenvalue weighted by atomic mass is 15.2. The molecule has 0 aromatic rings. The lowest BCUT2D eigenvalue weighted by Crippen LogP contribution is -2.38. The van der Waals surface area contributed by atoms with E-state index < -0.39 is 0 Å². The van der Waals surface area contributed by atoms with Gasteiger partial charge in [0, 0.05) is 18.1 Å². The summed E-state index contributed by atoms with van der Waals surface area (Å²) >= 11 is 0. The van der Waals surface area contributed by atoms with Crippen LogP contribution in [0.1, 0.15) is 44.9 Å². The van der Waals surface area contributed by atoms with Crippen molar-refractivity contribution in [2.24, 2.45) is 5.73 Å². The number of hydrogen-bond acceptors (Lipinski definition) is 2. The van der Waals surface area contributed by atoms with E-state index in [1.54, 1.807) is 0 Å². The van der Waals surface area contributed by atoms with E-state index in [-0.39, 0.29) is 0 Å². The van der Waals surface area contributed by atoms with Crippen LogP contribution in [0.25, 0.3) is 0 Å². The molecule has 2 heteroatoms. The van der Waals surface area contributed by atoms with Gasteiger partial charge in [-0.05, 0) is 39.2 Å². The van der Waals surface area contributed by atoms with Crippen molar-refractivity contribution in [3.8, 4) is 0 Å². The predicted molar refractivity (Wildman–Crippen MR) is 55.6 cm³/mol. The first-order valence-corrected chi connectivity index (χ1v) is 5.75. The van der Waals surface area contributed by atoms with E-state index in [4.69, 9.17) is 5.73 Å². The molecule has 0 aromatic carbocycles. The molecule has 0 bridgehead atoms. The standard InChI is InChI=1S/C11H22N2/c1-13(10-4-2-3-5-10)11-7-6-9(12)8-11/h9-11H,2-8,12H2,1H3. The number of nitrogens with zero attached hydrogens (tertiary/aromatic N) is 1. The van der Waals surface area contributed by atoms with Gasteiger partial charge in [-0.25, -0.2) is 0 Å². The van der Waals surface area contributed by atoms with Crippen molar-refractivity contribution in [3.63, 3.8) is 0 Å². The molecule has 0 aliphatic heterocycles. The molecule has 2 aliphatic rings. The van der Waals surface area contributed by atoms with Gasteiger partial charge in [-0.3, -0.25) is 0 Å². The van der Waals surface area contributed by atoms with E-state index in [0.29, 0.717) is 6.04 Å². The third kappa shape index (κ3) is 2.05. The summed E-state index contributed by atoms with van der Waals surface area (Å²) in [6.07, 6.45) is 9.51. The quantitative estimate of drug-likeness (QED) is 0.705. The summed E-state index contributed by atoms with van der Waals surface area (Å²) in [5, 5.41) is 0. The van der Waals surface area contributed by atoms with E-state index in [1.807, 2.05) is 0 Å². The summed E-state index contributed by atoms with van der Waals surface area (Å²) in [5.74, 6) is 0. The van der Waals surface area contributed by atoms with Crippen LogP contribution in [0.4, 0.5) is 0 Å². The molecule has 2 nitrogen and oxygen atoms in total. The van der Waals surface area contributed by atoms with E-state index in [2.05, 4.69) is 11.9 Å². The fourth-order valence-corrected chi connectivity index (χ4v) is 2.97. The molecule has 2 unspecified atom stereocenters. The Bertz CT molecular complexity index is 163. The van der Waals surface area contributed by atoms with Gasteiger partial charge >= 0.3 is 0 Å². The molecule has 0 saturated heterocycles. The van der Waals surface area contributed by atoms with Crippen molar-refractivity contribution >= 4 is 0 Å². The van der Waals surface area contributed by atoms with Gasteiger partial charge in [0.15, 0.2) is 0 Å². The second-order valence-corrected chi connectivity index (χ2v) is 4.83. The lowest BCUT2D eigenvalue weighted by atomic mass is 10.1. The molecule has 2 aliphatic carbocycles. The number of nitrogens with two attached hydrogens (primary N) is 1. The molecule has 0 amide bonds. The molecule has 2 rings (SSSR count). The van der Waals surface area contributed by atoms with Crippen molar-refractivity contribution in [2.45, 2.75) is 63.1 Å². The molecule has 0 aromatic heterocycles. The van der Waals surface area contributed by atoms with Crippen LogP contribution in [0.2, 0.25) is 0 Å². The Morgan fingerprint density at radius 1 is 1.00 bits per heavy atom. The lowest BCUT2D eigenvalue weighted by Gasteiger charge is -2.30. The largest absolute Gasteiger partial charge is 0.328 e. The molecule has 13 heavy (non-hydrogen) atoms. The van der Waals surface area contributed by atoms with E-state index in [0.717, 1.165) is 12.1 Å². The van der Waals surface area contributed by atoms with Crippen molar-refractivity contribution in [1.82, 2.24) is 4.90 Å². The molecule has 0 radical (unpaired) electrons. The van der Waals surface area contributed by atoms with Gasteiger partial charge < -0.3 is 10.6 Å². The topological polar surface area (TPSA) is 29.3 Å². The zero-order chi connectivity index (χ0) is 9.26. The Morgan fingerprint density at radius 2 is 1.69 bits per heavy atom. The Kier molecular flexibility index (Phi) is 2.89. The maximum Gasteiger partial charge on any atom is 0.0110 e. The van der Waals surface area contributed by atoms with E-state index >= 15 is 0 Å². The average Bonchev–Trinajstić information content (AvgIpc) is 2.72. The highest BCUT2D eigenvalue weighted by Gasteiger charge is 2.30. The maximum absolute atomic E-state index is 5.93. The summed E-state index contributed by atoms with van der Waals surface area (Å²) in [4.78, 5) is 2.61. The van der Waals surface area contributed by atoms with Gasteiger partial charge in [-0.1, -0.05) is 12.8 Å². The van der Waals surface area contributed by atoms with Crippen molar-refractivity contribution in [1.29, 1.82) is 0 Å². The first-order valence-electron chi connectivity index (χ1n) is 5.75. The molecular weight excluding hydrogens is 160 g/mol. The monoisotopic (exact) mass is 182 g/mol. The zero-order valence-electron chi connectivity index (χ0n) is 8.71. The summed E-state index contributed by atoms with van der Waals surface area (Å²) in [6.45, 7) is 0. The van der Waals surface area contributed by atoms with Crippen LogP contribution in [-0.2, 0) is 0 Å². The SMILES string of the molecule is CN(C1CCCC1)C1CCC(N)C1. The zero-order valence-corrected chi connectivity index (χ0v) is 8.71. The average molecular weight is 182 g/mol. The second-order valence-electron chi connectivity index (χ2n) is 4.83. The molecular formula is C11H22N2. The molecule has 2 N–H and O–H groups in total. The lowest BCUT2D eigenvalue weighted by molar-refractivity contribution is 0.176. The molecule has 0 heterocycles. The molecule has 2 fully saturated rings. The highest BCUT2D eigenvalue weighted by molar-refractivity contribution is 4.87. The third-order valence-electron chi connectivity index (χ3n) is 3.92. The minimum Gasteiger partial charge on any atom is -0.328 e. The summed E-state index contributed by atoms with van der Waals surface area (Å²) in [5.41, 5.74) is 5.93. The molecule has 76 valence electrons. The van der Waals surface area contributed by atoms with Crippen LogP contribution in [0.3, 0.4) is 0 Å². The summed E-state index contributed by atoms with van der Waals surface area (Å²) in [6, 6.07) is 2.14. The van der Waals surface area contributed by atoms with Gasteiger partial charge in [0.2, 0.25) is 0 Å². The number of rotatable bonds is 2. The van der Waals surface area contributed by atoms with Gasteiger partial charge in [-0.15, -0.1) is 0 Å². The smallest absolute Gasteiger partial charge is 0.0110 e. The minimum atomic E-state index is 0.480. The highest BCUT2D eigenvalue weighted by Crippen LogP contribution is 2.29. The summed E-state index contributed by atoms with van der Waals surface area (Å²) in [7, 11) is 2.30. The maximum atomic E-state index is 5.93. The fraction of sp³-hybridized carbons (Fsp3) is 1.00. The van der Waals surface area contributed by atoms with Crippen LogP contribution in [0, 0.1) is 0 Å². The predicted octanol–water partition coefficient (Wildman–Crippen LogP) is 1.74. The van der Waals surface area contributed by atoms with Crippen LogP contribution in [-0.4, -0.2) is 30.1 Å². The Hall–Kier alpha value is -0.0800. The van der Waals surface area contributed by atoms with Crippen LogP contribution < -0.4 is 5.73 Å². The van der Waals surface area contributed by atoms with E-state index in [1.165, 1.54) is 44.9 Å². The second kappa shape index (κ2) is 3.97. The Labute approximate surface area is 81.5 Å². The Balaban J connectivity index is 1.85. The summed E-state index contributed by atoms with van der Waals surface area (Å²) < 4.78 is 0. The third-order valence-corrected chi connectivity index (χ3v) is 3.92. The van der Waals surface area contributed by atoms with Crippen molar-refractivity contribution < 1.29 is 0 Å². The van der Waals surface area contributed by atoms with Crippen molar-refractivity contribution in [2.75, 3.05) is 7.05 Å². The minimum absolute atomic E-state index is 0.480. The van der Waals surface area contributed by atoms with E-state index in [9.17, 15) is 0 Å². The van der Waals surface area contributed by atoms with Crippen molar-refractivity contribution in [3.05, 3.63) is 0 Å². The van der Waals surface area contributed by atoms with Crippen LogP contribution in [0.5, 0.6) is 0 Å². The van der Waals surface area contributed by atoms with Gasteiger partial charge in [0.25, 0.3) is 0 Å². The normalized spacial score (nSPS) is 36.2. The van der Waals surface area contributed by atoms with Crippen LogP contribution in [0.15, 0.2) is 0 Å². The first kappa shape index (κ1) is 9.47. The van der Waals surface area contributed by atoms with Gasteiger partial charge in [-0.2, -0.15) is 0 Å². The number of hydrogen-bond donors (Lipinski definition) is 1.